The van der Waals surface area contributed by atoms with E-state index in [-0.39, 0.29) is 24.2 Å². The third kappa shape index (κ3) is 4.56. The molecule has 3 N–H and O–H groups in total. The minimum atomic E-state index is -0.600. The fourth-order valence-corrected chi connectivity index (χ4v) is 4.43. The van der Waals surface area contributed by atoms with E-state index in [1.807, 2.05) is 33.7 Å². The molecular formula is C23H25N5O5. The number of amides is 3. The zero-order valence-corrected chi connectivity index (χ0v) is 18.0. The molecule has 3 aromatic rings. The fraction of sp³-hybridized carbons (Fsp3) is 0.348. The predicted octanol–water partition coefficient (Wildman–Crippen LogP) is 2.09. The summed E-state index contributed by atoms with van der Waals surface area (Å²) in [5.41, 5.74) is 2.13. The maximum absolute atomic E-state index is 12.4. The lowest BCUT2D eigenvalue weighted by atomic mass is 10.0. The minimum absolute atomic E-state index is 0.0754. The second-order valence-electron chi connectivity index (χ2n) is 8.19. The van der Waals surface area contributed by atoms with Crippen LogP contribution in [0.4, 0.5) is 10.5 Å². The summed E-state index contributed by atoms with van der Waals surface area (Å²) in [7, 11) is 0. The lowest BCUT2D eigenvalue weighted by molar-refractivity contribution is -0.121. The van der Waals surface area contributed by atoms with Crippen molar-refractivity contribution >= 4 is 28.7 Å². The van der Waals surface area contributed by atoms with Crippen LogP contribution in [0.5, 0.6) is 11.5 Å². The van der Waals surface area contributed by atoms with Gasteiger partial charge in [-0.2, -0.15) is 0 Å². The second-order valence-corrected chi connectivity index (χ2v) is 8.19. The van der Waals surface area contributed by atoms with E-state index < -0.39 is 6.03 Å². The van der Waals surface area contributed by atoms with Gasteiger partial charge in [0.05, 0.1) is 17.6 Å². The number of H-pyrrole nitrogens is 1. The van der Waals surface area contributed by atoms with Gasteiger partial charge in [-0.3, -0.25) is 19.6 Å². The number of imide groups is 1. The molecule has 2 aliphatic rings. The summed E-state index contributed by atoms with van der Waals surface area (Å²) in [4.78, 5) is 41.9. The van der Waals surface area contributed by atoms with E-state index in [1.54, 1.807) is 18.2 Å². The van der Waals surface area contributed by atoms with Crippen molar-refractivity contribution in [2.24, 2.45) is 0 Å². The predicted molar refractivity (Wildman–Crippen MR) is 122 cm³/mol. The van der Waals surface area contributed by atoms with E-state index in [0.717, 1.165) is 23.9 Å². The summed E-state index contributed by atoms with van der Waals surface area (Å²) < 4.78 is 12.8. The molecule has 0 saturated carbocycles. The zero-order valence-electron chi connectivity index (χ0n) is 18.0. The van der Waals surface area contributed by atoms with Crippen LogP contribution in [0.2, 0.25) is 0 Å². The van der Waals surface area contributed by atoms with Gasteiger partial charge in [0.2, 0.25) is 5.91 Å². The molecule has 0 radical (unpaired) electrons. The van der Waals surface area contributed by atoms with Gasteiger partial charge < -0.3 is 19.8 Å². The number of urea groups is 1. The number of rotatable bonds is 4. The Bertz CT molecular complexity index is 1240. The first-order valence-electron chi connectivity index (χ1n) is 11.0. The average molecular weight is 451 g/mol. The number of nitrogens with one attached hydrogen (secondary N) is 3. The Morgan fingerprint density at radius 1 is 1.03 bits per heavy atom. The number of carbonyl (C=O) groups excluding carboxylic acids is 2. The van der Waals surface area contributed by atoms with E-state index in [1.165, 1.54) is 0 Å². The molecule has 33 heavy (non-hydrogen) atoms. The summed E-state index contributed by atoms with van der Waals surface area (Å²) in [5, 5.41) is 5.01. The number of aromatic amines is 1. The van der Waals surface area contributed by atoms with Gasteiger partial charge in [-0.05, 0) is 37.1 Å². The number of para-hydroxylation sites is 2. The van der Waals surface area contributed by atoms with Crippen molar-refractivity contribution < 1.29 is 19.1 Å². The van der Waals surface area contributed by atoms with Crippen LogP contribution >= 0.6 is 0 Å². The first-order valence-corrected chi connectivity index (χ1v) is 11.0. The lowest BCUT2D eigenvalue weighted by Crippen LogP contribution is -2.45. The number of aromatic nitrogens is 2. The lowest BCUT2D eigenvalue weighted by Gasteiger charge is -2.31. The number of carbonyl (C=O) groups is 2. The highest BCUT2D eigenvalue weighted by Crippen LogP contribution is 2.32. The maximum Gasteiger partial charge on any atom is 0.326 e. The number of ether oxygens (including phenoxy) is 2. The summed E-state index contributed by atoms with van der Waals surface area (Å²) in [6, 6.07) is 12.2. The Morgan fingerprint density at radius 2 is 1.79 bits per heavy atom. The van der Waals surface area contributed by atoms with Gasteiger partial charge in [0.15, 0.2) is 11.5 Å². The Balaban J connectivity index is 1.12. The Labute approximate surface area is 189 Å². The van der Waals surface area contributed by atoms with Crippen molar-refractivity contribution in [2.75, 3.05) is 38.2 Å². The number of imidazole rings is 1. The zero-order chi connectivity index (χ0) is 22.8. The van der Waals surface area contributed by atoms with Crippen LogP contribution in [0.25, 0.3) is 11.0 Å². The van der Waals surface area contributed by atoms with Crippen molar-refractivity contribution in [3.63, 3.8) is 0 Å². The van der Waals surface area contributed by atoms with Crippen molar-refractivity contribution in [1.29, 1.82) is 0 Å². The molecule has 0 unspecified atom stereocenters. The summed E-state index contributed by atoms with van der Waals surface area (Å²) >= 11 is 0. The summed E-state index contributed by atoms with van der Waals surface area (Å²) in [6.45, 7) is 2.38. The van der Waals surface area contributed by atoms with Crippen molar-refractivity contribution in [3.8, 4) is 11.5 Å². The number of fused-ring (bicyclic) bond motifs is 2. The molecule has 1 fully saturated rings. The molecule has 2 aromatic carbocycles. The second kappa shape index (κ2) is 8.99. The molecule has 3 amide bonds. The van der Waals surface area contributed by atoms with Crippen molar-refractivity contribution in [3.05, 3.63) is 52.9 Å². The fourth-order valence-electron chi connectivity index (χ4n) is 4.43. The molecule has 10 nitrogen and oxygen atoms in total. The molecular weight excluding hydrogens is 426 g/mol. The van der Waals surface area contributed by atoms with E-state index in [4.69, 9.17) is 9.47 Å². The SMILES string of the molecule is O=C(CN1CCC(n2c(=O)[nH]c3ccccc32)CC1)NC(=O)Nc1ccc2c(c1)OCCO2. The quantitative estimate of drug-likeness (QED) is 0.559. The van der Waals surface area contributed by atoms with Gasteiger partial charge in [0.1, 0.15) is 13.2 Å². The number of hydrogen-bond acceptors (Lipinski definition) is 6. The molecule has 3 heterocycles. The van der Waals surface area contributed by atoms with E-state index in [9.17, 15) is 14.4 Å². The molecule has 0 aliphatic carbocycles. The first-order chi connectivity index (χ1) is 16.1. The molecule has 172 valence electrons. The monoisotopic (exact) mass is 451 g/mol. The summed E-state index contributed by atoms with van der Waals surface area (Å²) in [6.07, 6.45) is 1.50. The number of likely N-dealkylation sites (tertiary alicyclic amines) is 1. The minimum Gasteiger partial charge on any atom is -0.486 e. The summed E-state index contributed by atoms with van der Waals surface area (Å²) in [5.74, 6) is 0.803. The first kappa shape index (κ1) is 21.1. The molecule has 10 heteroatoms. The van der Waals surface area contributed by atoms with Crippen LogP contribution in [0.15, 0.2) is 47.3 Å². The molecule has 0 atom stereocenters. The number of anilines is 1. The molecule has 0 bridgehead atoms. The van der Waals surface area contributed by atoms with Gasteiger partial charge in [0, 0.05) is 30.9 Å². The maximum atomic E-state index is 12.4. The van der Waals surface area contributed by atoms with Crippen LogP contribution in [-0.4, -0.2) is 59.2 Å². The third-order valence-electron chi connectivity index (χ3n) is 5.97. The van der Waals surface area contributed by atoms with Gasteiger partial charge in [-0.25, -0.2) is 9.59 Å². The standard InChI is InChI=1S/C23H25N5O5/c29-21(26-22(30)24-15-5-6-19-20(13-15)33-12-11-32-19)14-27-9-7-16(8-10-27)28-18-4-2-1-3-17(18)25-23(28)31/h1-6,13,16H,7-12,14H2,(H,25,31)(H2,24,26,29,30). The van der Waals surface area contributed by atoms with Crippen LogP contribution in [0, 0.1) is 0 Å². The largest absolute Gasteiger partial charge is 0.486 e. The molecule has 2 aliphatic heterocycles. The van der Waals surface area contributed by atoms with Gasteiger partial charge in [0.25, 0.3) is 0 Å². The molecule has 1 aromatic heterocycles. The molecule has 0 spiro atoms. The molecule has 1 saturated heterocycles. The number of hydrogen-bond donors (Lipinski definition) is 3. The van der Waals surface area contributed by atoms with Crippen LogP contribution in [0.1, 0.15) is 18.9 Å². The number of piperidine rings is 1. The highest BCUT2D eigenvalue weighted by molar-refractivity contribution is 6.01. The Kier molecular flexibility index (Phi) is 5.74. The van der Waals surface area contributed by atoms with Crippen molar-refractivity contribution in [2.45, 2.75) is 18.9 Å². The van der Waals surface area contributed by atoms with Crippen LogP contribution in [0.3, 0.4) is 0 Å². The van der Waals surface area contributed by atoms with Gasteiger partial charge >= 0.3 is 11.7 Å². The smallest absolute Gasteiger partial charge is 0.326 e. The molecule has 5 rings (SSSR count). The van der Waals surface area contributed by atoms with Crippen LogP contribution < -0.4 is 25.8 Å². The Morgan fingerprint density at radius 3 is 2.61 bits per heavy atom. The number of nitrogens with zero attached hydrogens (tertiary/aromatic N) is 2. The average Bonchev–Trinajstić information content (AvgIpc) is 3.15. The van der Waals surface area contributed by atoms with Crippen LogP contribution in [-0.2, 0) is 4.79 Å². The highest BCUT2D eigenvalue weighted by atomic mass is 16.6. The van der Waals surface area contributed by atoms with E-state index in [0.29, 0.717) is 43.5 Å². The van der Waals surface area contributed by atoms with Crippen molar-refractivity contribution in [1.82, 2.24) is 19.8 Å². The third-order valence-corrected chi connectivity index (χ3v) is 5.97. The van der Waals surface area contributed by atoms with Gasteiger partial charge in [-0.15, -0.1) is 0 Å². The Hall–Kier alpha value is -3.79. The number of benzene rings is 2. The van der Waals surface area contributed by atoms with Gasteiger partial charge in [-0.1, -0.05) is 12.1 Å². The normalized spacial score (nSPS) is 16.5. The topological polar surface area (TPSA) is 118 Å². The van der Waals surface area contributed by atoms with E-state index in [2.05, 4.69) is 15.6 Å². The highest BCUT2D eigenvalue weighted by Gasteiger charge is 2.25. The van der Waals surface area contributed by atoms with E-state index >= 15 is 0 Å².